The lowest BCUT2D eigenvalue weighted by Crippen LogP contribution is -2.33. The second kappa shape index (κ2) is 4.94. The second-order valence-corrected chi connectivity index (χ2v) is 3.61. The largest absolute Gasteiger partial charge is 0.368 e. The Balaban J connectivity index is 2.63. The first-order chi connectivity index (χ1) is 6.25. The molecule has 4 nitrogen and oxygen atoms in total. The zero-order valence-electron chi connectivity index (χ0n) is 7.49. The van der Waals surface area contributed by atoms with Gasteiger partial charge < -0.3 is 11.1 Å². The Kier molecular flexibility index (Phi) is 3.85. The van der Waals surface area contributed by atoms with E-state index in [1.54, 1.807) is 11.7 Å². The molecule has 1 rings (SSSR count). The summed E-state index contributed by atoms with van der Waals surface area (Å²) in [5.41, 5.74) is 6.94. The summed E-state index contributed by atoms with van der Waals surface area (Å²) in [5, 5.41) is 3.07. The van der Waals surface area contributed by atoms with Crippen LogP contribution in [0.5, 0.6) is 0 Å². The summed E-state index contributed by atoms with van der Waals surface area (Å²) in [7, 11) is 0. The molecular weight excluding hydrogens is 186 g/mol. The predicted octanol–water partition coefficient (Wildman–Crippen LogP) is 0.669. The molecule has 0 spiro atoms. The molecule has 1 amide bonds. The van der Waals surface area contributed by atoms with Crippen molar-refractivity contribution in [3.05, 3.63) is 16.6 Å². The van der Waals surface area contributed by atoms with Crippen LogP contribution >= 0.6 is 11.3 Å². The van der Waals surface area contributed by atoms with E-state index in [0.717, 1.165) is 17.8 Å². The molecule has 1 unspecified atom stereocenters. The van der Waals surface area contributed by atoms with Gasteiger partial charge in [0.15, 0.2) is 0 Å². The molecule has 5 heteroatoms. The lowest BCUT2D eigenvalue weighted by atomic mass is 10.2. The number of carbonyl (C=O) groups is 1. The fourth-order valence-electron chi connectivity index (χ4n) is 0.998. The predicted molar refractivity (Wildman–Crippen MR) is 52.3 cm³/mol. The average molecular weight is 199 g/mol. The number of nitrogens with zero attached hydrogens (tertiary/aromatic N) is 1. The molecule has 0 saturated carbocycles. The smallest absolute Gasteiger partial charge is 0.240 e. The fourth-order valence-corrected chi connectivity index (χ4v) is 1.70. The number of aromatic nitrogens is 1. The highest BCUT2D eigenvalue weighted by molar-refractivity contribution is 7.09. The van der Waals surface area contributed by atoms with Crippen molar-refractivity contribution in [2.45, 2.75) is 19.4 Å². The van der Waals surface area contributed by atoms with Crippen molar-refractivity contribution < 1.29 is 4.79 Å². The fraction of sp³-hybridized carbons (Fsp3) is 0.500. The topological polar surface area (TPSA) is 68.0 Å². The second-order valence-electron chi connectivity index (χ2n) is 2.69. The average Bonchev–Trinajstić information content (AvgIpc) is 2.57. The van der Waals surface area contributed by atoms with Gasteiger partial charge in [-0.15, -0.1) is 11.3 Å². The zero-order valence-corrected chi connectivity index (χ0v) is 8.30. The van der Waals surface area contributed by atoms with Crippen LogP contribution in [0.2, 0.25) is 0 Å². The van der Waals surface area contributed by atoms with Crippen LogP contribution in [0, 0.1) is 0 Å². The highest BCUT2D eigenvalue weighted by atomic mass is 32.1. The third-order valence-electron chi connectivity index (χ3n) is 1.62. The molecule has 0 bridgehead atoms. The zero-order chi connectivity index (χ0) is 9.68. The molecular formula is C8H13N3OS. The minimum absolute atomic E-state index is 0.349. The number of amides is 1. The first-order valence-electron chi connectivity index (χ1n) is 4.16. The van der Waals surface area contributed by atoms with E-state index in [-0.39, 0.29) is 11.9 Å². The number of carbonyl (C=O) groups excluding carboxylic acids is 1. The Morgan fingerprint density at radius 2 is 2.62 bits per heavy atom. The molecule has 1 aromatic heterocycles. The minimum Gasteiger partial charge on any atom is -0.368 e. The highest BCUT2D eigenvalue weighted by Gasteiger charge is 2.17. The van der Waals surface area contributed by atoms with Gasteiger partial charge in [-0.3, -0.25) is 9.78 Å². The van der Waals surface area contributed by atoms with Crippen LogP contribution in [-0.2, 0) is 4.79 Å². The molecule has 13 heavy (non-hydrogen) atoms. The van der Waals surface area contributed by atoms with E-state index in [9.17, 15) is 4.79 Å². The van der Waals surface area contributed by atoms with E-state index in [2.05, 4.69) is 10.3 Å². The maximum absolute atomic E-state index is 11.0. The molecule has 0 fully saturated rings. The molecule has 0 saturated heterocycles. The lowest BCUT2D eigenvalue weighted by Gasteiger charge is -2.11. The molecule has 0 aliphatic rings. The van der Waals surface area contributed by atoms with Crippen molar-refractivity contribution in [2.24, 2.45) is 5.73 Å². The molecule has 72 valence electrons. The summed E-state index contributed by atoms with van der Waals surface area (Å²) in [4.78, 5) is 15.8. The number of thiazole rings is 1. The van der Waals surface area contributed by atoms with Crippen LogP contribution in [0.3, 0.4) is 0 Å². The van der Waals surface area contributed by atoms with Crippen LogP contribution in [0.1, 0.15) is 24.3 Å². The molecule has 1 aromatic rings. The van der Waals surface area contributed by atoms with Crippen molar-refractivity contribution in [3.8, 4) is 0 Å². The van der Waals surface area contributed by atoms with Gasteiger partial charge >= 0.3 is 0 Å². The highest BCUT2D eigenvalue weighted by Crippen LogP contribution is 2.16. The lowest BCUT2D eigenvalue weighted by molar-refractivity contribution is -0.120. The van der Waals surface area contributed by atoms with Crippen LogP contribution in [-0.4, -0.2) is 17.4 Å². The third kappa shape index (κ3) is 2.78. The van der Waals surface area contributed by atoms with E-state index in [1.165, 1.54) is 11.3 Å². The normalized spacial score (nSPS) is 12.7. The summed E-state index contributed by atoms with van der Waals surface area (Å²) in [5.74, 6) is -0.349. The van der Waals surface area contributed by atoms with Gasteiger partial charge in [0.1, 0.15) is 6.04 Å². The number of hydrogen-bond acceptors (Lipinski definition) is 4. The Morgan fingerprint density at radius 1 is 1.85 bits per heavy atom. The van der Waals surface area contributed by atoms with Crippen LogP contribution in [0.4, 0.5) is 0 Å². The summed E-state index contributed by atoms with van der Waals surface area (Å²) in [6.45, 7) is 2.82. The van der Waals surface area contributed by atoms with Crippen molar-refractivity contribution in [2.75, 3.05) is 6.54 Å². The van der Waals surface area contributed by atoms with E-state index in [4.69, 9.17) is 5.73 Å². The first-order valence-corrected chi connectivity index (χ1v) is 5.04. The van der Waals surface area contributed by atoms with Crippen molar-refractivity contribution >= 4 is 17.2 Å². The van der Waals surface area contributed by atoms with Crippen LogP contribution in [0.25, 0.3) is 0 Å². The maximum Gasteiger partial charge on any atom is 0.240 e. The van der Waals surface area contributed by atoms with Gasteiger partial charge in [0.2, 0.25) is 5.91 Å². The van der Waals surface area contributed by atoms with Crippen LogP contribution in [0.15, 0.2) is 11.7 Å². The summed E-state index contributed by atoms with van der Waals surface area (Å²) in [6, 6.07) is -0.382. The Hall–Kier alpha value is -0.940. The molecule has 1 atom stereocenters. The van der Waals surface area contributed by atoms with Gasteiger partial charge in [0.25, 0.3) is 0 Å². The molecule has 0 aliphatic carbocycles. The third-order valence-corrected chi connectivity index (χ3v) is 2.46. The van der Waals surface area contributed by atoms with Gasteiger partial charge in [0, 0.05) is 6.20 Å². The van der Waals surface area contributed by atoms with Gasteiger partial charge in [-0.05, 0) is 13.0 Å². The van der Waals surface area contributed by atoms with Gasteiger partial charge in [-0.25, -0.2) is 0 Å². The van der Waals surface area contributed by atoms with E-state index in [1.807, 2.05) is 6.92 Å². The summed E-state index contributed by atoms with van der Waals surface area (Å²) >= 11 is 1.44. The minimum atomic E-state index is -0.382. The van der Waals surface area contributed by atoms with Crippen molar-refractivity contribution in [3.63, 3.8) is 0 Å². The standard InChI is InChI=1S/C8H13N3OS/c1-2-3-11-7(8(9)12)6-4-10-5-13-6/h4-5,7,11H,2-3H2,1H3,(H2,9,12). The number of nitrogens with one attached hydrogen (secondary N) is 1. The molecule has 1 heterocycles. The number of rotatable bonds is 5. The Bertz CT molecular complexity index is 260. The van der Waals surface area contributed by atoms with Crippen molar-refractivity contribution in [1.29, 1.82) is 0 Å². The van der Waals surface area contributed by atoms with E-state index in [0.29, 0.717) is 0 Å². The summed E-state index contributed by atoms with van der Waals surface area (Å²) in [6.07, 6.45) is 2.64. The molecule has 3 N–H and O–H groups in total. The molecule has 0 aromatic carbocycles. The Labute approximate surface area is 81.2 Å². The monoisotopic (exact) mass is 199 g/mol. The van der Waals surface area contributed by atoms with Crippen molar-refractivity contribution in [1.82, 2.24) is 10.3 Å². The SMILES string of the molecule is CCCNC(C(N)=O)c1cncs1. The quantitative estimate of drug-likeness (QED) is 0.732. The number of hydrogen-bond donors (Lipinski definition) is 2. The Morgan fingerprint density at radius 3 is 3.08 bits per heavy atom. The number of primary amides is 1. The van der Waals surface area contributed by atoms with E-state index < -0.39 is 0 Å². The summed E-state index contributed by atoms with van der Waals surface area (Å²) < 4.78 is 0. The maximum atomic E-state index is 11.0. The molecule has 0 radical (unpaired) electrons. The first kappa shape index (κ1) is 10.1. The van der Waals surface area contributed by atoms with Gasteiger partial charge in [0.05, 0.1) is 10.4 Å². The molecule has 0 aliphatic heterocycles. The van der Waals surface area contributed by atoms with Crippen LogP contribution < -0.4 is 11.1 Å². The van der Waals surface area contributed by atoms with E-state index >= 15 is 0 Å². The van der Waals surface area contributed by atoms with Gasteiger partial charge in [-0.1, -0.05) is 6.92 Å². The number of nitrogens with two attached hydrogens (primary N) is 1. The van der Waals surface area contributed by atoms with Gasteiger partial charge in [-0.2, -0.15) is 0 Å².